The Hall–Kier alpha value is -0.880. The molecule has 1 fully saturated rings. The average Bonchev–Trinajstić information content (AvgIpc) is 2.66. The average molecular weight is 290 g/mol. The molecule has 2 N–H and O–H groups in total. The molecule has 2 nitrogen and oxygen atoms in total. The fraction of sp³-hybridized carbons (Fsp3) is 0.538. The van der Waals surface area contributed by atoms with Gasteiger partial charge >= 0.3 is 6.18 Å². The summed E-state index contributed by atoms with van der Waals surface area (Å²) < 4.78 is 39.0. The molecular formula is C13H17F3N2S. The van der Waals surface area contributed by atoms with E-state index in [0.717, 1.165) is 31.0 Å². The Morgan fingerprint density at radius 1 is 1.21 bits per heavy atom. The molecule has 106 valence electrons. The Bertz CT molecular complexity index is 426. The van der Waals surface area contributed by atoms with Crippen LogP contribution in [0.5, 0.6) is 0 Å². The van der Waals surface area contributed by atoms with E-state index >= 15 is 0 Å². The third kappa shape index (κ3) is 3.57. The molecule has 2 rings (SSSR count). The van der Waals surface area contributed by atoms with Crippen LogP contribution in [0.4, 0.5) is 18.9 Å². The lowest BCUT2D eigenvalue weighted by Gasteiger charge is -2.24. The first-order valence-corrected chi connectivity index (χ1v) is 7.40. The number of nitrogens with two attached hydrogens (primary N) is 1. The Labute approximate surface area is 115 Å². The topological polar surface area (TPSA) is 29.3 Å². The molecule has 6 heteroatoms. The number of nitrogens with zero attached hydrogens (tertiary/aromatic N) is 1. The molecule has 19 heavy (non-hydrogen) atoms. The highest BCUT2D eigenvalue weighted by molar-refractivity contribution is 7.99. The van der Waals surface area contributed by atoms with E-state index in [4.69, 9.17) is 5.73 Å². The highest BCUT2D eigenvalue weighted by Crippen LogP contribution is 2.34. The maximum Gasteiger partial charge on any atom is 0.416 e. The van der Waals surface area contributed by atoms with E-state index in [-0.39, 0.29) is 12.1 Å². The minimum atomic E-state index is -4.34. The van der Waals surface area contributed by atoms with Gasteiger partial charge in [-0.2, -0.15) is 24.9 Å². The van der Waals surface area contributed by atoms with Crippen molar-refractivity contribution in [2.75, 3.05) is 29.5 Å². The zero-order valence-electron chi connectivity index (χ0n) is 10.5. The van der Waals surface area contributed by atoms with Crippen molar-refractivity contribution >= 4 is 17.4 Å². The number of hydrogen-bond donors (Lipinski definition) is 1. The highest BCUT2D eigenvalue weighted by Gasteiger charge is 2.33. The fourth-order valence-corrected chi connectivity index (χ4v) is 3.09. The number of halogens is 3. The maximum absolute atomic E-state index is 13.0. The molecular weight excluding hydrogens is 273 g/mol. The standard InChI is InChI=1S/C13H17F3N2S/c14-13(15,16)12-8-11(3-2-10(12)9-17)18-4-1-6-19-7-5-18/h2-3,8H,1,4-7,9,17H2. The first-order chi connectivity index (χ1) is 9.02. The molecule has 0 spiro atoms. The van der Waals surface area contributed by atoms with E-state index < -0.39 is 11.7 Å². The lowest BCUT2D eigenvalue weighted by Crippen LogP contribution is -2.26. The molecule has 0 amide bonds. The second-order valence-corrected chi connectivity index (χ2v) is 5.72. The lowest BCUT2D eigenvalue weighted by atomic mass is 10.1. The molecule has 0 atom stereocenters. The first kappa shape index (κ1) is 14.5. The minimum Gasteiger partial charge on any atom is -0.371 e. The molecule has 1 aliphatic rings. The molecule has 0 aliphatic carbocycles. The van der Waals surface area contributed by atoms with E-state index in [2.05, 4.69) is 0 Å². The molecule has 1 aliphatic heterocycles. The Morgan fingerprint density at radius 3 is 2.68 bits per heavy atom. The van der Waals surface area contributed by atoms with Crippen molar-refractivity contribution in [1.82, 2.24) is 0 Å². The van der Waals surface area contributed by atoms with Gasteiger partial charge in [0.05, 0.1) is 5.56 Å². The van der Waals surface area contributed by atoms with Crippen LogP contribution < -0.4 is 10.6 Å². The Morgan fingerprint density at radius 2 is 2.00 bits per heavy atom. The normalized spacial score (nSPS) is 17.4. The van der Waals surface area contributed by atoms with Gasteiger partial charge in [-0.15, -0.1) is 0 Å². The summed E-state index contributed by atoms with van der Waals surface area (Å²) in [5, 5.41) is 0. The number of alkyl halides is 3. The van der Waals surface area contributed by atoms with E-state index in [1.165, 1.54) is 12.1 Å². The molecule has 0 aromatic heterocycles. The fourth-order valence-electron chi connectivity index (χ4n) is 2.21. The summed E-state index contributed by atoms with van der Waals surface area (Å²) in [6.07, 6.45) is -3.34. The molecule has 0 radical (unpaired) electrons. The lowest BCUT2D eigenvalue weighted by molar-refractivity contribution is -0.138. The summed E-state index contributed by atoms with van der Waals surface area (Å²) in [7, 11) is 0. The third-order valence-corrected chi connectivity index (χ3v) is 4.25. The van der Waals surface area contributed by atoms with Crippen LogP contribution in [0.25, 0.3) is 0 Å². The summed E-state index contributed by atoms with van der Waals surface area (Å²) in [6, 6.07) is 4.47. The van der Waals surface area contributed by atoms with Gasteiger partial charge in [0.15, 0.2) is 0 Å². The van der Waals surface area contributed by atoms with Crippen LogP contribution in [0, 0.1) is 0 Å². The third-order valence-electron chi connectivity index (χ3n) is 3.21. The van der Waals surface area contributed by atoms with E-state index in [0.29, 0.717) is 5.69 Å². The summed E-state index contributed by atoms with van der Waals surface area (Å²) in [5.74, 6) is 2.03. The van der Waals surface area contributed by atoms with Crippen LogP contribution >= 0.6 is 11.8 Å². The number of rotatable bonds is 2. The van der Waals surface area contributed by atoms with Gasteiger partial charge in [0.2, 0.25) is 0 Å². The molecule has 0 bridgehead atoms. The van der Waals surface area contributed by atoms with Crippen LogP contribution in [0.1, 0.15) is 17.5 Å². The largest absolute Gasteiger partial charge is 0.416 e. The number of hydrogen-bond acceptors (Lipinski definition) is 3. The van der Waals surface area contributed by atoms with Crippen molar-refractivity contribution in [1.29, 1.82) is 0 Å². The highest BCUT2D eigenvalue weighted by atomic mass is 32.2. The van der Waals surface area contributed by atoms with Gasteiger partial charge in [-0.25, -0.2) is 0 Å². The molecule has 0 saturated carbocycles. The van der Waals surface area contributed by atoms with Gasteiger partial charge in [-0.3, -0.25) is 0 Å². The van der Waals surface area contributed by atoms with Crippen LogP contribution in [0.15, 0.2) is 18.2 Å². The summed E-state index contributed by atoms with van der Waals surface area (Å²) >= 11 is 1.85. The quantitative estimate of drug-likeness (QED) is 0.907. The van der Waals surface area contributed by atoms with Gasteiger partial charge in [0.25, 0.3) is 0 Å². The van der Waals surface area contributed by atoms with Gasteiger partial charge in [0, 0.05) is 31.1 Å². The monoisotopic (exact) mass is 290 g/mol. The molecule has 1 saturated heterocycles. The van der Waals surface area contributed by atoms with E-state index in [1.807, 2.05) is 16.7 Å². The second kappa shape index (κ2) is 6.05. The summed E-state index contributed by atoms with van der Waals surface area (Å²) in [5.41, 5.74) is 5.58. The number of thioether (sulfide) groups is 1. The van der Waals surface area contributed by atoms with E-state index in [9.17, 15) is 13.2 Å². The number of anilines is 1. The van der Waals surface area contributed by atoms with Crippen molar-refractivity contribution in [2.45, 2.75) is 19.1 Å². The van der Waals surface area contributed by atoms with Crippen LogP contribution in [-0.2, 0) is 12.7 Å². The van der Waals surface area contributed by atoms with Crippen LogP contribution in [0.2, 0.25) is 0 Å². The van der Waals surface area contributed by atoms with Gasteiger partial charge in [-0.05, 0) is 29.9 Å². The van der Waals surface area contributed by atoms with Crippen molar-refractivity contribution in [3.63, 3.8) is 0 Å². The van der Waals surface area contributed by atoms with Gasteiger partial charge in [-0.1, -0.05) is 6.07 Å². The van der Waals surface area contributed by atoms with E-state index in [1.54, 1.807) is 6.07 Å². The van der Waals surface area contributed by atoms with Crippen molar-refractivity contribution in [3.8, 4) is 0 Å². The summed E-state index contributed by atoms with van der Waals surface area (Å²) in [6.45, 7) is 1.52. The summed E-state index contributed by atoms with van der Waals surface area (Å²) in [4.78, 5) is 2.02. The molecule has 1 aromatic carbocycles. The smallest absolute Gasteiger partial charge is 0.371 e. The zero-order chi connectivity index (χ0) is 13.9. The van der Waals surface area contributed by atoms with Crippen molar-refractivity contribution in [3.05, 3.63) is 29.3 Å². The minimum absolute atomic E-state index is 0.0923. The predicted molar refractivity (Wildman–Crippen MR) is 73.5 cm³/mol. The second-order valence-electron chi connectivity index (χ2n) is 4.50. The predicted octanol–water partition coefficient (Wildman–Crippen LogP) is 3.11. The Kier molecular flexibility index (Phi) is 4.62. The SMILES string of the molecule is NCc1ccc(N2CCCSCC2)cc1C(F)(F)F. The maximum atomic E-state index is 13.0. The molecule has 1 aromatic rings. The van der Waals surface area contributed by atoms with Crippen molar-refractivity contribution < 1.29 is 13.2 Å². The number of benzene rings is 1. The molecule has 1 heterocycles. The Balaban J connectivity index is 2.31. The van der Waals surface area contributed by atoms with Crippen LogP contribution in [0.3, 0.4) is 0 Å². The van der Waals surface area contributed by atoms with Crippen LogP contribution in [-0.4, -0.2) is 24.6 Å². The van der Waals surface area contributed by atoms with Crippen molar-refractivity contribution in [2.24, 2.45) is 5.73 Å². The molecule has 0 unspecified atom stereocenters. The van der Waals surface area contributed by atoms with Gasteiger partial charge in [0.1, 0.15) is 0 Å². The van der Waals surface area contributed by atoms with Gasteiger partial charge < -0.3 is 10.6 Å². The first-order valence-electron chi connectivity index (χ1n) is 6.25. The zero-order valence-corrected chi connectivity index (χ0v) is 11.4.